The Morgan fingerprint density at radius 2 is 2.10 bits per heavy atom. The molecule has 2 heterocycles. The first-order valence-corrected chi connectivity index (χ1v) is 7.07. The maximum Gasteiger partial charge on any atom is 0.417 e. The summed E-state index contributed by atoms with van der Waals surface area (Å²) < 4.78 is 38.3. The molecule has 21 heavy (non-hydrogen) atoms. The molecule has 2 rings (SSSR count). The van der Waals surface area contributed by atoms with Gasteiger partial charge in [-0.3, -0.25) is 9.69 Å². The number of halogens is 3. The molecule has 2 aliphatic heterocycles. The molecule has 0 atom stereocenters. The van der Waals surface area contributed by atoms with Gasteiger partial charge in [-0.05, 0) is 12.2 Å². The normalized spacial score (nSPS) is 23.0. The van der Waals surface area contributed by atoms with Crippen molar-refractivity contribution in [3.63, 3.8) is 0 Å². The molecule has 1 fully saturated rings. The number of carbonyl (C=O) groups excluding carboxylic acids is 1. The van der Waals surface area contributed by atoms with Crippen molar-refractivity contribution in [1.82, 2.24) is 9.80 Å². The highest BCUT2D eigenvalue weighted by atomic mass is 32.2. The minimum Gasteiger partial charge on any atom is -0.349 e. The van der Waals surface area contributed by atoms with E-state index in [0.29, 0.717) is 14.9 Å². The predicted molar refractivity (Wildman–Crippen MR) is 80.2 cm³/mol. The fourth-order valence-electron chi connectivity index (χ4n) is 1.85. The zero-order valence-electron chi connectivity index (χ0n) is 11.0. The Balaban J connectivity index is 2.34. The van der Waals surface area contributed by atoms with Crippen LogP contribution in [0.5, 0.6) is 0 Å². The molecule has 0 unspecified atom stereocenters. The van der Waals surface area contributed by atoms with E-state index >= 15 is 0 Å². The number of thiocarbonyl (C=S) groups is 1. The summed E-state index contributed by atoms with van der Waals surface area (Å²) in [6, 6.07) is 0. The van der Waals surface area contributed by atoms with Gasteiger partial charge in [-0.25, -0.2) is 0 Å². The lowest BCUT2D eigenvalue weighted by molar-refractivity contribution is -0.121. The first-order valence-electron chi connectivity index (χ1n) is 5.84. The second-order valence-electron chi connectivity index (χ2n) is 4.31. The van der Waals surface area contributed by atoms with E-state index in [1.165, 1.54) is 22.9 Å². The number of thioether (sulfide) groups is 1. The summed E-state index contributed by atoms with van der Waals surface area (Å²) in [5, 5.41) is 0. The number of amides is 1. The molecule has 1 saturated heterocycles. The molecule has 8 heteroatoms. The topological polar surface area (TPSA) is 23.6 Å². The van der Waals surface area contributed by atoms with Crippen LogP contribution in [0.15, 0.2) is 47.2 Å². The highest BCUT2D eigenvalue weighted by Gasteiger charge is 2.37. The van der Waals surface area contributed by atoms with E-state index in [1.54, 1.807) is 6.08 Å². The molecule has 0 aliphatic carbocycles. The van der Waals surface area contributed by atoms with Crippen molar-refractivity contribution < 1.29 is 18.0 Å². The van der Waals surface area contributed by atoms with Crippen molar-refractivity contribution >= 4 is 34.2 Å². The number of rotatable bonds is 2. The minimum absolute atomic E-state index is 0.276. The Labute approximate surface area is 129 Å². The van der Waals surface area contributed by atoms with Crippen LogP contribution < -0.4 is 0 Å². The number of carbonyl (C=O) groups is 1. The Morgan fingerprint density at radius 1 is 1.43 bits per heavy atom. The van der Waals surface area contributed by atoms with Crippen LogP contribution in [0.3, 0.4) is 0 Å². The van der Waals surface area contributed by atoms with Gasteiger partial charge >= 0.3 is 6.18 Å². The average molecular weight is 332 g/mol. The molecule has 0 saturated carbocycles. The van der Waals surface area contributed by atoms with Crippen molar-refractivity contribution in [3.8, 4) is 0 Å². The molecular weight excluding hydrogens is 321 g/mol. The van der Waals surface area contributed by atoms with Crippen molar-refractivity contribution in [2.75, 3.05) is 13.6 Å². The molecule has 1 amide bonds. The van der Waals surface area contributed by atoms with Crippen LogP contribution in [-0.2, 0) is 4.79 Å². The maximum atomic E-state index is 12.6. The van der Waals surface area contributed by atoms with Crippen LogP contribution in [0.4, 0.5) is 13.2 Å². The summed E-state index contributed by atoms with van der Waals surface area (Å²) in [6.07, 6.45) is 0.312. The third-order valence-electron chi connectivity index (χ3n) is 2.85. The number of allylic oxidation sites excluding steroid dienone is 3. The van der Waals surface area contributed by atoms with Gasteiger partial charge in [0.2, 0.25) is 0 Å². The zero-order valence-corrected chi connectivity index (χ0v) is 12.6. The molecular formula is C13H11F3N2OS2. The summed E-state index contributed by atoms with van der Waals surface area (Å²) in [7, 11) is 1.46. The van der Waals surface area contributed by atoms with Gasteiger partial charge in [0, 0.05) is 19.8 Å². The van der Waals surface area contributed by atoms with Gasteiger partial charge < -0.3 is 4.90 Å². The van der Waals surface area contributed by atoms with Gasteiger partial charge in [0.15, 0.2) is 0 Å². The lowest BCUT2D eigenvalue weighted by atomic mass is 10.1. The van der Waals surface area contributed by atoms with Crippen molar-refractivity contribution in [2.45, 2.75) is 6.18 Å². The summed E-state index contributed by atoms with van der Waals surface area (Å²) >= 11 is 6.18. The molecule has 0 radical (unpaired) electrons. The number of hydrogen-bond acceptors (Lipinski definition) is 4. The lowest BCUT2D eigenvalue weighted by Gasteiger charge is -2.23. The Morgan fingerprint density at radius 3 is 2.62 bits per heavy atom. The summed E-state index contributed by atoms with van der Waals surface area (Å²) in [5.74, 6) is -0.319. The van der Waals surface area contributed by atoms with Crippen LogP contribution in [0.1, 0.15) is 0 Å². The number of nitrogens with zero attached hydrogens (tertiary/aromatic N) is 2. The molecule has 2 aliphatic rings. The largest absolute Gasteiger partial charge is 0.417 e. The van der Waals surface area contributed by atoms with E-state index < -0.39 is 11.7 Å². The van der Waals surface area contributed by atoms with E-state index in [-0.39, 0.29) is 12.5 Å². The molecule has 0 aromatic rings. The minimum atomic E-state index is -4.42. The van der Waals surface area contributed by atoms with Gasteiger partial charge in [0.25, 0.3) is 5.91 Å². The van der Waals surface area contributed by atoms with Gasteiger partial charge in [-0.2, -0.15) is 13.2 Å². The lowest BCUT2D eigenvalue weighted by Crippen LogP contribution is -2.29. The fourth-order valence-corrected chi connectivity index (χ4v) is 3.21. The molecule has 0 N–H and O–H groups in total. The van der Waals surface area contributed by atoms with E-state index in [2.05, 4.69) is 6.58 Å². The third-order valence-corrected chi connectivity index (χ3v) is 4.31. The highest BCUT2D eigenvalue weighted by molar-refractivity contribution is 8.26. The number of alkyl halides is 3. The number of hydrogen-bond donors (Lipinski definition) is 0. The predicted octanol–water partition coefficient (Wildman–Crippen LogP) is 3.19. The molecule has 0 aromatic carbocycles. The van der Waals surface area contributed by atoms with Crippen LogP contribution >= 0.6 is 24.0 Å². The van der Waals surface area contributed by atoms with Crippen molar-refractivity contribution in [2.24, 2.45) is 0 Å². The van der Waals surface area contributed by atoms with Gasteiger partial charge in [-0.1, -0.05) is 30.1 Å². The molecule has 0 spiro atoms. The standard InChI is InChI=1S/C13H11F3N2OS2/c1-3-6-18-11(19)10(21-12(18)20)9-5-4-8(7-17(9)2)13(14,15)16/h3-5,7H,1,6H2,2H3/b10-9+. The summed E-state index contributed by atoms with van der Waals surface area (Å²) in [5.41, 5.74) is -0.373. The molecule has 3 nitrogen and oxygen atoms in total. The van der Waals surface area contributed by atoms with Crippen molar-refractivity contribution in [1.29, 1.82) is 0 Å². The van der Waals surface area contributed by atoms with E-state index in [4.69, 9.17) is 12.2 Å². The van der Waals surface area contributed by atoms with Gasteiger partial charge in [0.05, 0.1) is 11.3 Å². The first-order chi connectivity index (χ1) is 9.75. The van der Waals surface area contributed by atoms with E-state index in [9.17, 15) is 18.0 Å². The highest BCUT2D eigenvalue weighted by Crippen LogP contribution is 2.37. The quantitative estimate of drug-likeness (QED) is 0.440. The second kappa shape index (κ2) is 5.69. The summed E-state index contributed by atoms with van der Waals surface area (Å²) in [6.45, 7) is 3.82. The van der Waals surface area contributed by atoms with Crippen LogP contribution in [0.2, 0.25) is 0 Å². The maximum absolute atomic E-state index is 12.6. The van der Waals surface area contributed by atoms with Crippen LogP contribution in [0, 0.1) is 0 Å². The van der Waals surface area contributed by atoms with E-state index in [1.807, 2.05) is 0 Å². The van der Waals surface area contributed by atoms with E-state index in [0.717, 1.165) is 24.0 Å². The number of likely N-dealkylation sites (N-methyl/N-ethyl adjacent to an activating group) is 1. The molecule has 0 aromatic heterocycles. The molecule has 0 bridgehead atoms. The van der Waals surface area contributed by atoms with Crippen molar-refractivity contribution in [3.05, 3.63) is 47.2 Å². The SMILES string of the molecule is C=CCN1C(=O)/C(=C2/C=CC(C(F)(F)F)=CN2C)SC1=S. The Bertz CT molecular complexity index is 605. The van der Waals surface area contributed by atoms with Crippen LogP contribution in [-0.4, -0.2) is 39.8 Å². The van der Waals surface area contributed by atoms with Gasteiger partial charge in [0.1, 0.15) is 9.23 Å². The first kappa shape index (κ1) is 15.8. The van der Waals surface area contributed by atoms with Crippen LogP contribution in [0.25, 0.3) is 0 Å². The second-order valence-corrected chi connectivity index (χ2v) is 5.96. The Kier molecular flexibility index (Phi) is 4.29. The smallest absolute Gasteiger partial charge is 0.349 e. The summed E-state index contributed by atoms with van der Waals surface area (Å²) in [4.78, 5) is 15.2. The fraction of sp³-hybridized carbons (Fsp3) is 0.231. The molecule has 112 valence electrons. The average Bonchev–Trinajstić information content (AvgIpc) is 2.66. The zero-order chi connectivity index (χ0) is 15.8. The Hall–Kier alpha value is -1.54. The monoisotopic (exact) mass is 332 g/mol. The van der Waals surface area contributed by atoms with Gasteiger partial charge in [-0.15, -0.1) is 6.58 Å². The third kappa shape index (κ3) is 3.06.